The first-order valence-electron chi connectivity index (χ1n) is 13.3. The Morgan fingerprint density at radius 1 is 1.05 bits per heavy atom. The molecule has 0 saturated carbocycles. The predicted molar refractivity (Wildman–Crippen MR) is 140 cm³/mol. The number of carbonyl (C=O) groups excluding carboxylic acids is 1. The van der Waals surface area contributed by atoms with Gasteiger partial charge in [0.2, 0.25) is 0 Å². The molecule has 0 spiro atoms. The molecule has 0 unspecified atom stereocenters. The van der Waals surface area contributed by atoms with Crippen molar-refractivity contribution in [3.05, 3.63) is 47.4 Å². The van der Waals surface area contributed by atoms with E-state index >= 15 is 0 Å². The third-order valence-electron chi connectivity index (χ3n) is 7.78. The number of carbonyl (C=O) groups is 1. The van der Waals surface area contributed by atoms with Gasteiger partial charge in [0.25, 0.3) is 5.91 Å². The van der Waals surface area contributed by atoms with E-state index in [1.54, 1.807) is 6.07 Å². The van der Waals surface area contributed by atoms with Gasteiger partial charge in [0, 0.05) is 51.4 Å². The van der Waals surface area contributed by atoms with Crippen LogP contribution >= 0.6 is 0 Å². The number of fused-ring (bicyclic) bond motifs is 4. The summed E-state index contributed by atoms with van der Waals surface area (Å²) in [5, 5.41) is 5.00. The van der Waals surface area contributed by atoms with Gasteiger partial charge in [-0.05, 0) is 56.7 Å². The molecule has 10 heteroatoms. The molecule has 2 N–H and O–H groups in total. The zero-order valence-electron chi connectivity index (χ0n) is 21.3. The van der Waals surface area contributed by atoms with Crippen LogP contribution in [0.25, 0.3) is 5.65 Å². The van der Waals surface area contributed by atoms with E-state index in [2.05, 4.69) is 22.9 Å². The van der Waals surface area contributed by atoms with Gasteiger partial charge in [-0.2, -0.15) is 9.61 Å². The topological polar surface area (TPSA) is 92.2 Å². The van der Waals surface area contributed by atoms with E-state index < -0.39 is 5.82 Å². The van der Waals surface area contributed by atoms with Gasteiger partial charge in [-0.3, -0.25) is 4.79 Å². The number of ether oxygens (including phenoxy) is 1. The lowest BCUT2D eigenvalue weighted by Crippen LogP contribution is -2.39. The van der Waals surface area contributed by atoms with Crippen LogP contribution in [0.1, 0.15) is 60.6 Å². The number of nitrogens with zero attached hydrogens (tertiary/aromatic N) is 6. The third kappa shape index (κ3) is 4.58. The lowest BCUT2D eigenvalue weighted by Gasteiger charge is -2.35. The van der Waals surface area contributed by atoms with Crippen LogP contribution in [0, 0.1) is 5.82 Å². The molecular weight excluding hydrogens is 473 g/mol. The highest BCUT2D eigenvalue weighted by Gasteiger charge is 2.33. The fraction of sp³-hybridized carbons (Fsp3) is 0.519. The number of piperidine rings is 1. The quantitative estimate of drug-likeness (QED) is 0.540. The highest BCUT2D eigenvalue weighted by atomic mass is 19.1. The molecule has 2 atom stereocenters. The van der Waals surface area contributed by atoms with Gasteiger partial charge in [0.15, 0.2) is 5.65 Å². The first kappa shape index (κ1) is 24.0. The molecule has 0 radical (unpaired) electrons. The van der Waals surface area contributed by atoms with E-state index in [4.69, 9.17) is 20.6 Å². The SMILES string of the molecule is CN1CCCCOc2ccc(F)cc2C(=O)N2CCCC[C@H]2c2cc3nc(N4CC[C@H](N)C4)cc1n3n2. The molecule has 9 nitrogen and oxygen atoms in total. The number of hydrogen-bond donors (Lipinski definition) is 1. The largest absolute Gasteiger partial charge is 0.493 e. The van der Waals surface area contributed by atoms with Crippen molar-refractivity contribution >= 4 is 23.2 Å². The maximum Gasteiger partial charge on any atom is 0.258 e. The Morgan fingerprint density at radius 2 is 1.92 bits per heavy atom. The molecule has 1 amide bonds. The van der Waals surface area contributed by atoms with Crippen LogP contribution in [0.2, 0.25) is 0 Å². The Hall–Kier alpha value is -3.40. The Balaban J connectivity index is 1.46. The lowest BCUT2D eigenvalue weighted by atomic mass is 9.98. The van der Waals surface area contributed by atoms with E-state index in [1.807, 2.05) is 15.5 Å². The third-order valence-corrected chi connectivity index (χ3v) is 7.78. The number of aromatic nitrogens is 3. The lowest BCUT2D eigenvalue weighted by molar-refractivity contribution is 0.0601. The van der Waals surface area contributed by atoms with Gasteiger partial charge in [-0.25, -0.2) is 9.37 Å². The van der Waals surface area contributed by atoms with Crippen molar-refractivity contribution in [2.24, 2.45) is 5.73 Å². The molecule has 1 aromatic carbocycles. The summed E-state index contributed by atoms with van der Waals surface area (Å²) in [7, 11) is 2.07. The fourth-order valence-electron chi connectivity index (χ4n) is 5.74. The molecule has 0 aliphatic carbocycles. The second-order valence-electron chi connectivity index (χ2n) is 10.4. The molecule has 6 rings (SSSR count). The fourth-order valence-corrected chi connectivity index (χ4v) is 5.74. The molecule has 196 valence electrons. The number of halogens is 1. The van der Waals surface area contributed by atoms with Crippen LogP contribution in [0.5, 0.6) is 5.75 Å². The Kier molecular flexibility index (Phi) is 6.36. The summed E-state index contributed by atoms with van der Waals surface area (Å²) in [6.07, 6.45) is 5.31. The number of rotatable bonds is 1. The summed E-state index contributed by atoms with van der Waals surface area (Å²) in [4.78, 5) is 25.0. The van der Waals surface area contributed by atoms with Crippen molar-refractivity contribution in [1.29, 1.82) is 0 Å². The van der Waals surface area contributed by atoms with E-state index in [-0.39, 0.29) is 23.6 Å². The Morgan fingerprint density at radius 3 is 2.76 bits per heavy atom. The number of anilines is 2. The van der Waals surface area contributed by atoms with Gasteiger partial charge in [-0.15, -0.1) is 0 Å². The summed E-state index contributed by atoms with van der Waals surface area (Å²) in [5.74, 6) is 1.63. The highest BCUT2D eigenvalue weighted by molar-refractivity contribution is 5.97. The van der Waals surface area contributed by atoms with Crippen molar-refractivity contribution in [3.8, 4) is 5.75 Å². The van der Waals surface area contributed by atoms with Gasteiger partial charge in [-0.1, -0.05) is 0 Å². The minimum absolute atomic E-state index is 0.153. The molecule has 5 heterocycles. The van der Waals surface area contributed by atoms with E-state index in [0.29, 0.717) is 18.9 Å². The average Bonchev–Trinajstić information content (AvgIpc) is 3.53. The minimum Gasteiger partial charge on any atom is -0.493 e. The average molecular weight is 508 g/mol. The van der Waals surface area contributed by atoms with Crippen molar-refractivity contribution in [2.75, 3.05) is 49.6 Å². The molecule has 2 bridgehead atoms. The molecule has 3 aliphatic rings. The predicted octanol–water partition coefficient (Wildman–Crippen LogP) is 3.38. The van der Waals surface area contributed by atoms with Crippen molar-refractivity contribution in [2.45, 2.75) is 50.6 Å². The standard InChI is InChI=1S/C27H34FN7O2/c1-32-10-4-5-13-37-23-8-7-18(28)14-20(23)27(36)34-11-3-2-6-22(34)21-15-25-30-24(16-26(32)35(25)31-21)33-12-9-19(29)17-33/h7-8,14-16,19,22H,2-6,9-13,17,29H2,1H3/t19-,22-/m0/s1. The van der Waals surface area contributed by atoms with Crippen LogP contribution in [-0.2, 0) is 0 Å². The van der Waals surface area contributed by atoms with E-state index in [9.17, 15) is 9.18 Å². The van der Waals surface area contributed by atoms with Crippen molar-refractivity contribution in [3.63, 3.8) is 0 Å². The highest BCUT2D eigenvalue weighted by Crippen LogP contribution is 2.35. The van der Waals surface area contributed by atoms with E-state index in [0.717, 1.165) is 81.1 Å². The molecule has 2 saturated heterocycles. The minimum atomic E-state index is -0.445. The Labute approximate surface area is 216 Å². The molecule has 3 aliphatic heterocycles. The summed E-state index contributed by atoms with van der Waals surface area (Å²) in [5.41, 5.74) is 8.03. The normalized spacial score (nSPS) is 23.0. The van der Waals surface area contributed by atoms with Gasteiger partial charge in [0.1, 0.15) is 23.2 Å². The van der Waals surface area contributed by atoms with E-state index in [1.165, 1.54) is 12.1 Å². The summed E-state index contributed by atoms with van der Waals surface area (Å²) in [6.45, 7) is 3.52. The monoisotopic (exact) mass is 507 g/mol. The van der Waals surface area contributed by atoms with Crippen LogP contribution in [0.4, 0.5) is 16.0 Å². The molecule has 2 aromatic heterocycles. The second-order valence-corrected chi connectivity index (χ2v) is 10.4. The first-order chi connectivity index (χ1) is 18.0. The summed E-state index contributed by atoms with van der Waals surface area (Å²) >= 11 is 0. The maximum absolute atomic E-state index is 14.2. The molecule has 37 heavy (non-hydrogen) atoms. The van der Waals surface area contributed by atoms with Crippen LogP contribution in [0.15, 0.2) is 30.3 Å². The van der Waals surface area contributed by atoms with Crippen LogP contribution < -0.4 is 20.3 Å². The molecule has 3 aromatic rings. The zero-order valence-corrected chi connectivity index (χ0v) is 21.3. The smallest absolute Gasteiger partial charge is 0.258 e. The number of nitrogens with two attached hydrogens (primary N) is 1. The molecular formula is C27H34FN7O2. The number of amides is 1. The molecule has 2 fully saturated rings. The number of benzene rings is 1. The zero-order chi connectivity index (χ0) is 25.5. The van der Waals surface area contributed by atoms with Gasteiger partial charge >= 0.3 is 0 Å². The van der Waals surface area contributed by atoms with Gasteiger partial charge in [0.05, 0.1) is 23.9 Å². The second kappa shape index (κ2) is 9.81. The summed E-state index contributed by atoms with van der Waals surface area (Å²) < 4.78 is 22.2. The number of hydrogen-bond acceptors (Lipinski definition) is 7. The van der Waals surface area contributed by atoms with Crippen LogP contribution in [0.3, 0.4) is 0 Å². The summed E-state index contributed by atoms with van der Waals surface area (Å²) in [6, 6.07) is 8.25. The van der Waals surface area contributed by atoms with Gasteiger partial charge < -0.3 is 25.2 Å². The van der Waals surface area contributed by atoms with Crippen molar-refractivity contribution in [1.82, 2.24) is 19.5 Å². The first-order valence-corrected chi connectivity index (χ1v) is 13.3. The van der Waals surface area contributed by atoms with Crippen molar-refractivity contribution < 1.29 is 13.9 Å². The maximum atomic E-state index is 14.2. The Bertz CT molecular complexity index is 1310. The van der Waals surface area contributed by atoms with Crippen LogP contribution in [-0.4, -0.2) is 71.3 Å².